The fourth-order valence-corrected chi connectivity index (χ4v) is 2.16. The molecule has 16 heavy (non-hydrogen) atoms. The molecule has 1 aliphatic carbocycles. The van der Waals surface area contributed by atoms with Gasteiger partial charge in [-0.3, -0.25) is 0 Å². The summed E-state index contributed by atoms with van der Waals surface area (Å²) in [6, 6.07) is 0. The van der Waals surface area contributed by atoms with Crippen molar-refractivity contribution in [2.24, 2.45) is 0 Å². The van der Waals surface area contributed by atoms with Gasteiger partial charge in [0.1, 0.15) is 0 Å². The fraction of sp³-hybridized carbons (Fsp3) is 0.800. The molecule has 0 unspecified atom stereocenters. The highest BCUT2D eigenvalue weighted by Gasteiger charge is 2.27. The van der Waals surface area contributed by atoms with Crippen LogP contribution in [0.25, 0.3) is 0 Å². The minimum Gasteiger partial charge on any atom is -0.388 e. The van der Waals surface area contributed by atoms with Crippen LogP contribution in [0.4, 0.5) is 11.9 Å². The van der Waals surface area contributed by atoms with Crippen LogP contribution in [-0.2, 0) is 0 Å². The minimum atomic E-state index is -0.619. The van der Waals surface area contributed by atoms with Gasteiger partial charge in [0, 0.05) is 6.54 Å². The molecular formula is C10H19N5O. The van der Waals surface area contributed by atoms with Gasteiger partial charge in [-0.2, -0.15) is 4.98 Å². The van der Waals surface area contributed by atoms with E-state index in [9.17, 15) is 5.11 Å². The van der Waals surface area contributed by atoms with E-state index in [2.05, 4.69) is 20.5 Å². The Morgan fingerprint density at radius 1 is 1.31 bits per heavy atom. The van der Waals surface area contributed by atoms with Crippen LogP contribution in [0.5, 0.6) is 0 Å². The zero-order valence-electron chi connectivity index (χ0n) is 9.37. The predicted octanol–water partition coefficient (Wildman–Crippen LogP) is 0.884. The SMILES string of the molecule is Nc1nc(NCC2(O)CCCCCC2)n[nH]1. The number of aromatic nitrogens is 3. The molecule has 1 fully saturated rings. The van der Waals surface area contributed by atoms with E-state index in [-0.39, 0.29) is 5.95 Å². The summed E-state index contributed by atoms with van der Waals surface area (Å²) in [5.41, 5.74) is 4.79. The standard InChI is InChI=1S/C10H19N5O/c11-8-13-9(15-14-8)12-7-10(16)5-3-1-2-4-6-10/h16H,1-7H2,(H4,11,12,13,14,15). The second-order valence-corrected chi connectivity index (χ2v) is 4.54. The minimum absolute atomic E-state index is 0.287. The van der Waals surface area contributed by atoms with Gasteiger partial charge in [-0.15, -0.1) is 5.10 Å². The van der Waals surface area contributed by atoms with Crippen molar-refractivity contribution >= 4 is 11.9 Å². The molecule has 0 aromatic carbocycles. The molecule has 1 saturated carbocycles. The van der Waals surface area contributed by atoms with Crippen LogP contribution in [0.1, 0.15) is 38.5 Å². The zero-order valence-corrected chi connectivity index (χ0v) is 9.37. The molecule has 1 heterocycles. The van der Waals surface area contributed by atoms with Crippen LogP contribution >= 0.6 is 0 Å². The average Bonchev–Trinajstić information content (AvgIpc) is 2.54. The molecular weight excluding hydrogens is 206 g/mol. The normalized spacial score (nSPS) is 20.3. The van der Waals surface area contributed by atoms with Gasteiger partial charge >= 0.3 is 0 Å². The average molecular weight is 225 g/mol. The Balaban J connectivity index is 1.87. The summed E-state index contributed by atoms with van der Waals surface area (Å²) in [5, 5.41) is 19.8. The lowest BCUT2D eigenvalue weighted by molar-refractivity contribution is 0.0380. The first-order chi connectivity index (χ1) is 7.68. The summed E-state index contributed by atoms with van der Waals surface area (Å²) < 4.78 is 0. The Morgan fingerprint density at radius 2 is 2.00 bits per heavy atom. The lowest BCUT2D eigenvalue weighted by Gasteiger charge is -2.26. The molecule has 6 heteroatoms. The number of nitrogens with zero attached hydrogens (tertiary/aromatic N) is 2. The second kappa shape index (κ2) is 4.69. The van der Waals surface area contributed by atoms with Crippen LogP contribution in [0, 0.1) is 0 Å². The number of nitrogens with one attached hydrogen (secondary N) is 2. The highest BCUT2D eigenvalue weighted by Crippen LogP contribution is 2.26. The number of nitrogen functional groups attached to an aromatic ring is 1. The van der Waals surface area contributed by atoms with Crippen molar-refractivity contribution in [3.8, 4) is 0 Å². The van der Waals surface area contributed by atoms with Crippen molar-refractivity contribution in [1.29, 1.82) is 0 Å². The third kappa shape index (κ3) is 2.85. The Bertz CT molecular complexity index is 330. The van der Waals surface area contributed by atoms with E-state index in [0.717, 1.165) is 25.7 Å². The van der Waals surface area contributed by atoms with Crippen LogP contribution in [-0.4, -0.2) is 32.4 Å². The van der Waals surface area contributed by atoms with E-state index in [1.54, 1.807) is 0 Å². The lowest BCUT2D eigenvalue weighted by atomic mass is 9.95. The summed E-state index contributed by atoms with van der Waals surface area (Å²) in [5.74, 6) is 0.741. The molecule has 0 saturated heterocycles. The highest BCUT2D eigenvalue weighted by molar-refractivity contribution is 5.30. The van der Waals surface area contributed by atoms with Crippen molar-refractivity contribution < 1.29 is 5.11 Å². The second-order valence-electron chi connectivity index (χ2n) is 4.54. The summed E-state index contributed by atoms with van der Waals surface area (Å²) in [7, 11) is 0. The molecule has 90 valence electrons. The molecule has 1 aromatic rings. The van der Waals surface area contributed by atoms with Crippen LogP contribution < -0.4 is 11.1 Å². The molecule has 0 radical (unpaired) electrons. The van der Waals surface area contributed by atoms with E-state index in [0.29, 0.717) is 12.5 Å². The van der Waals surface area contributed by atoms with Crippen molar-refractivity contribution in [2.45, 2.75) is 44.1 Å². The summed E-state index contributed by atoms with van der Waals surface area (Å²) >= 11 is 0. The number of H-pyrrole nitrogens is 1. The summed E-state index contributed by atoms with van der Waals surface area (Å²) in [6.45, 7) is 0.490. The number of aromatic amines is 1. The number of hydrogen-bond acceptors (Lipinski definition) is 5. The van der Waals surface area contributed by atoms with Crippen LogP contribution in [0.2, 0.25) is 0 Å². The van der Waals surface area contributed by atoms with Gasteiger partial charge in [0.15, 0.2) is 0 Å². The predicted molar refractivity (Wildman–Crippen MR) is 61.9 cm³/mol. The first kappa shape index (κ1) is 11.2. The van der Waals surface area contributed by atoms with E-state index < -0.39 is 5.60 Å². The zero-order chi connectivity index (χ0) is 11.4. The Labute approximate surface area is 94.6 Å². The van der Waals surface area contributed by atoms with Gasteiger partial charge in [0.2, 0.25) is 11.9 Å². The third-order valence-electron chi connectivity index (χ3n) is 3.11. The Hall–Kier alpha value is -1.30. The van der Waals surface area contributed by atoms with E-state index >= 15 is 0 Å². The summed E-state index contributed by atoms with van der Waals surface area (Å²) in [6.07, 6.45) is 6.31. The molecule has 1 aliphatic rings. The molecule has 0 spiro atoms. The van der Waals surface area contributed by atoms with E-state index in [4.69, 9.17) is 5.73 Å². The number of aliphatic hydroxyl groups is 1. The molecule has 5 N–H and O–H groups in total. The van der Waals surface area contributed by atoms with E-state index in [1.165, 1.54) is 12.8 Å². The first-order valence-corrected chi connectivity index (χ1v) is 5.82. The van der Waals surface area contributed by atoms with Crippen molar-refractivity contribution in [3.05, 3.63) is 0 Å². The van der Waals surface area contributed by atoms with Gasteiger partial charge in [0.05, 0.1) is 5.60 Å². The monoisotopic (exact) mass is 225 g/mol. The van der Waals surface area contributed by atoms with Crippen LogP contribution in [0.15, 0.2) is 0 Å². The maximum atomic E-state index is 10.4. The lowest BCUT2D eigenvalue weighted by Crippen LogP contribution is -2.36. The van der Waals surface area contributed by atoms with Crippen LogP contribution in [0.3, 0.4) is 0 Å². The third-order valence-corrected chi connectivity index (χ3v) is 3.11. The molecule has 0 aliphatic heterocycles. The van der Waals surface area contributed by atoms with Gasteiger partial charge in [-0.1, -0.05) is 25.7 Å². The van der Waals surface area contributed by atoms with Crippen molar-refractivity contribution in [2.75, 3.05) is 17.6 Å². The largest absolute Gasteiger partial charge is 0.388 e. The smallest absolute Gasteiger partial charge is 0.243 e. The molecule has 0 amide bonds. The molecule has 6 nitrogen and oxygen atoms in total. The van der Waals surface area contributed by atoms with Gasteiger partial charge in [-0.25, -0.2) is 5.10 Å². The highest BCUT2D eigenvalue weighted by atomic mass is 16.3. The Kier molecular flexibility index (Phi) is 3.28. The summed E-state index contributed by atoms with van der Waals surface area (Å²) in [4.78, 5) is 3.94. The molecule has 0 bridgehead atoms. The Morgan fingerprint density at radius 3 is 2.56 bits per heavy atom. The maximum absolute atomic E-state index is 10.4. The number of hydrogen-bond donors (Lipinski definition) is 4. The number of nitrogens with two attached hydrogens (primary N) is 1. The fourth-order valence-electron chi connectivity index (χ4n) is 2.16. The number of rotatable bonds is 3. The molecule has 0 atom stereocenters. The van der Waals surface area contributed by atoms with E-state index in [1.807, 2.05) is 0 Å². The molecule has 2 rings (SSSR count). The number of anilines is 2. The van der Waals surface area contributed by atoms with Gasteiger partial charge in [0.25, 0.3) is 0 Å². The first-order valence-electron chi connectivity index (χ1n) is 5.82. The molecule has 1 aromatic heterocycles. The topological polar surface area (TPSA) is 99.8 Å². The quantitative estimate of drug-likeness (QED) is 0.572. The van der Waals surface area contributed by atoms with Crippen molar-refractivity contribution in [3.63, 3.8) is 0 Å². The maximum Gasteiger partial charge on any atom is 0.243 e. The van der Waals surface area contributed by atoms with Gasteiger partial charge in [-0.05, 0) is 12.8 Å². The van der Waals surface area contributed by atoms with Crippen molar-refractivity contribution in [1.82, 2.24) is 15.2 Å². The van der Waals surface area contributed by atoms with Gasteiger partial charge < -0.3 is 16.2 Å².